The number of ketones is 1. The van der Waals surface area contributed by atoms with Gasteiger partial charge in [0.15, 0.2) is 5.78 Å². The molecule has 0 fully saturated rings. The van der Waals surface area contributed by atoms with Gasteiger partial charge in [-0.1, -0.05) is 15.9 Å². The van der Waals surface area contributed by atoms with E-state index < -0.39 is 0 Å². The van der Waals surface area contributed by atoms with Gasteiger partial charge in [-0.3, -0.25) is 4.79 Å². The van der Waals surface area contributed by atoms with Crippen molar-refractivity contribution in [1.29, 1.82) is 0 Å². The maximum atomic E-state index is 11.5. The second-order valence-electron chi connectivity index (χ2n) is 3.12. The maximum Gasteiger partial charge on any atom is 0.173 e. The van der Waals surface area contributed by atoms with Crippen LogP contribution >= 0.6 is 27.7 Å². The molecule has 1 aromatic rings. The van der Waals surface area contributed by atoms with Crippen LogP contribution in [0.4, 0.5) is 0 Å². The molecule has 0 amide bonds. The van der Waals surface area contributed by atoms with Crippen molar-refractivity contribution in [2.24, 2.45) is 0 Å². The molecule has 14 heavy (non-hydrogen) atoms. The Bertz CT molecular complexity index is 361. The first-order valence-electron chi connectivity index (χ1n) is 4.35. The summed E-state index contributed by atoms with van der Waals surface area (Å²) in [6.45, 7) is 4.07. The number of hydrogen-bond donors (Lipinski definition) is 0. The first kappa shape index (κ1) is 11.8. The first-order chi connectivity index (χ1) is 6.61. The Balaban J connectivity index is 3.24. The monoisotopic (exact) mass is 272 g/mol. The fourth-order valence-electron chi connectivity index (χ4n) is 1.39. The van der Waals surface area contributed by atoms with E-state index in [1.54, 1.807) is 11.8 Å². The Morgan fingerprint density at radius 2 is 2.00 bits per heavy atom. The number of rotatable bonds is 3. The molecule has 76 valence electrons. The van der Waals surface area contributed by atoms with Crippen molar-refractivity contribution in [3.8, 4) is 0 Å². The summed E-state index contributed by atoms with van der Waals surface area (Å²) in [4.78, 5) is 12.8. The van der Waals surface area contributed by atoms with Gasteiger partial charge < -0.3 is 0 Å². The van der Waals surface area contributed by atoms with Crippen LogP contribution in [0.3, 0.4) is 0 Å². The minimum atomic E-state index is 0.151. The summed E-state index contributed by atoms with van der Waals surface area (Å²) in [6.07, 6.45) is 2.05. The molecule has 0 heterocycles. The molecule has 0 atom stereocenters. The maximum absolute atomic E-state index is 11.5. The Morgan fingerprint density at radius 1 is 1.36 bits per heavy atom. The van der Waals surface area contributed by atoms with Crippen LogP contribution in [0.5, 0.6) is 0 Å². The number of carbonyl (C=O) groups is 1. The van der Waals surface area contributed by atoms with Crippen LogP contribution in [-0.2, 0) is 0 Å². The minimum Gasteiger partial charge on any atom is -0.293 e. The highest BCUT2D eigenvalue weighted by atomic mass is 79.9. The number of halogens is 1. The summed E-state index contributed by atoms with van der Waals surface area (Å²) in [5.41, 5.74) is 3.14. The van der Waals surface area contributed by atoms with Gasteiger partial charge in [-0.2, -0.15) is 0 Å². The van der Waals surface area contributed by atoms with Gasteiger partial charge in [0.2, 0.25) is 0 Å². The van der Waals surface area contributed by atoms with Gasteiger partial charge in [-0.15, -0.1) is 11.8 Å². The molecule has 0 spiro atoms. The molecule has 0 aromatic heterocycles. The van der Waals surface area contributed by atoms with E-state index in [1.807, 2.05) is 25.3 Å². The van der Waals surface area contributed by atoms with Crippen molar-refractivity contribution in [3.63, 3.8) is 0 Å². The van der Waals surface area contributed by atoms with Crippen LogP contribution in [0.2, 0.25) is 0 Å². The zero-order valence-corrected chi connectivity index (χ0v) is 11.0. The highest BCUT2D eigenvalue weighted by Gasteiger charge is 2.10. The van der Waals surface area contributed by atoms with Crippen LogP contribution in [0.1, 0.15) is 21.5 Å². The molecule has 0 saturated carbocycles. The third kappa shape index (κ3) is 2.20. The van der Waals surface area contributed by atoms with Crippen LogP contribution in [-0.4, -0.2) is 17.4 Å². The molecular weight excluding hydrogens is 260 g/mol. The largest absolute Gasteiger partial charge is 0.293 e. The van der Waals surface area contributed by atoms with E-state index in [9.17, 15) is 4.79 Å². The lowest BCUT2D eigenvalue weighted by Crippen LogP contribution is -2.04. The third-order valence-electron chi connectivity index (χ3n) is 2.38. The van der Waals surface area contributed by atoms with E-state index in [0.717, 1.165) is 11.1 Å². The van der Waals surface area contributed by atoms with Gasteiger partial charge in [0, 0.05) is 10.5 Å². The highest BCUT2D eigenvalue weighted by Crippen LogP contribution is 2.25. The highest BCUT2D eigenvalue weighted by molar-refractivity contribution is 9.09. The number of hydrogen-bond acceptors (Lipinski definition) is 2. The average molecular weight is 273 g/mol. The van der Waals surface area contributed by atoms with Gasteiger partial charge in [-0.05, 0) is 43.4 Å². The molecular formula is C11H13BrOS. The average Bonchev–Trinajstić information content (AvgIpc) is 2.21. The summed E-state index contributed by atoms with van der Waals surface area (Å²) in [7, 11) is 0. The molecule has 1 rings (SSSR count). The smallest absolute Gasteiger partial charge is 0.173 e. The van der Waals surface area contributed by atoms with Gasteiger partial charge in [0.25, 0.3) is 0 Å². The molecule has 0 N–H and O–H groups in total. The zero-order valence-electron chi connectivity index (χ0n) is 8.56. The number of alkyl halides is 1. The van der Waals surface area contributed by atoms with Gasteiger partial charge >= 0.3 is 0 Å². The quantitative estimate of drug-likeness (QED) is 0.475. The molecule has 0 unspecified atom stereocenters. The summed E-state index contributed by atoms with van der Waals surface area (Å²) in [5.74, 6) is 0.151. The fourth-order valence-corrected chi connectivity index (χ4v) is 2.36. The Labute approximate surface area is 97.4 Å². The lowest BCUT2D eigenvalue weighted by molar-refractivity contribution is 0.102. The summed E-state index contributed by atoms with van der Waals surface area (Å²) in [5, 5.41) is 0.395. The number of thioether (sulfide) groups is 1. The molecule has 0 radical (unpaired) electrons. The molecule has 3 heteroatoms. The van der Waals surface area contributed by atoms with Gasteiger partial charge in [0.1, 0.15) is 0 Å². The SMILES string of the molecule is CSc1ccc(C(=O)CBr)c(C)c1C. The molecule has 1 nitrogen and oxygen atoms in total. The van der Waals surface area contributed by atoms with E-state index >= 15 is 0 Å². The minimum absolute atomic E-state index is 0.151. The van der Waals surface area contributed by atoms with Gasteiger partial charge in [0.05, 0.1) is 5.33 Å². The van der Waals surface area contributed by atoms with Crippen molar-refractivity contribution in [1.82, 2.24) is 0 Å². The van der Waals surface area contributed by atoms with Crippen molar-refractivity contribution in [2.75, 3.05) is 11.6 Å². The van der Waals surface area contributed by atoms with Crippen molar-refractivity contribution < 1.29 is 4.79 Å². The molecule has 1 aromatic carbocycles. The van der Waals surface area contributed by atoms with Crippen LogP contribution < -0.4 is 0 Å². The van der Waals surface area contributed by atoms with Crippen molar-refractivity contribution in [3.05, 3.63) is 28.8 Å². The Hall–Kier alpha value is -0.280. The standard InChI is InChI=1S/C11H13BrOS/c1-7-8(2)11(14-3)5-4-9(7)10(13)6-12/h4-5H,6H2,1-3H3. The Morgan fingerprint density at radius 3 is 2.50 bits per heavy atom. The van der Waals surface area contributed by atoms with Crippen LogP contribution in [0, 0.1) is 13.8 Å². The van der Waals surface area contributed by atoms with Crippen molar-refractivity contribution in [2.45, 2.75) is 18.7 Å². The zero-order chi connectivity index (χ0) is 10.7. The second-order valence-corrected chi connectivity index (χ2v) is 4.53. The molecule has 0 saturated heterocycles. The number of benzene rings is 1. The third-order valence-corrected chi connectivity index (χ3v) is 3.77. The second kappa shape index (κ2) is 4.99. The van der Waals surface area contributed by atoms with Gasteiger partial charge in [-0.25, -0.2) is 0 Å². The summed E-state index contributed by atoms with van der Waals surface area (Å²) in [6, 6.07) is 3.93. The van der Waals surface area contributed by atoms with E-state index in [4.69, 9.17) is 0 Å². The van der Waals surface area contributed by atoms with Crippen LogP contribution in [0.25, 0.3) is 0 Å². The number of carbonyl (C=O) groups excluding carboxylic acids is 1. The molecule has 0 aliphatic rings. The lowest BCUT2D eigenvalue weighted by atomic mass is 10.0. The molecule has 0 bridgehead atoms. The lowest BCUT2D eigenvalue weighted by Gasteiger charge is -2.10. The molecule has 0 aliphatic carbocycles. The normalized spacial score (nSPS) is 10.3. The van der Waals surface area contributed by atoms with E-state index in [-0.39, 0.29) is 5.78 Å². The molecule has 0 aliphatic heterocycles. The predicted octanol–water partition coefficient (Wildman–Crippen LogP) is 3.60. The topological polar surface area (TPSA) is 17.1 Å². The Kier molecular flexibility index (Phi) is 4.20. The van der Waals surface area contributed by atoms with E-state index in [1.165, 1.54) is 10.5 Å². The van der Waals surface area contributed by atoms with Crippen molar-refractivity contribution >= 4 is 33.5 Å². The van der Waals surface area contributed by atoms with E-state index in [0.29, 0.717) is 5.33 Å². The van der Waals surface area contributed by atoms with E-state index in [2.05, 4.69) is 22.9 Å². The van der Waals surface area contributed by atoms with Crippen LogP contribution in [0.15, 0.2) is 17.0 Å². The first-order valence-corrected chi connectivity index (χ1v) is 6.69. The summed E-state index contributed by atoms with van der Waals surface area (Å²) < 4.78 is 0. The number of Topliss-reactive ketones (excluding diaryl/α,β-unsaturated/α-hetero) is 1. The summed E-state index contributed by atoms with van der Waals surface area (Å²) >= 11 is 4.91. The predicted molar refractivity (Wildman–Crippen MR) is 65.8 cm³/mol. The fraction of sp³-hybridized carbons (Fsp3) is 0.364.